The number of carboxylic acid groups (broad SMARTS) is 1. The molecule has 15 heavy (non-hydrogen) atoms. The van der Waals surface area contributed by atoms with E-state index >= 15 is 0 Å². The molecule has 6 heteroatoms. The summed E-state index contributed by atoms with van der Waals surface area (Å²) in [6, 6.07) is 0. The molecule has 2 unspecified atom stereocenters. The van der Waals surface area contributed by atoms with Gasteiger partial charge in [0.1, 0.15) is 5.54 Å². The van der Waals surface area contributed by atoms with Crippen LogP contribution in [0.1, 0.15) is 19.3 Å². The summed E-state index contributed by atoms with van der Waals surface area (Å²) < 4.78 is 22.7. The highest BCUT2D eigenvalue weighted by Gasteiger charge is 2.51. The van der Waals surface area contributed by atoms with Crippen LogP contribution in [-0.2, 0) is 14.6 Å². The lowest BCUT2D eigenvalue weighted by atomic mass is 9.82. The van der Waals surface area contributed by atoms with E-state index in [4.69, 9.17) is 0 Å². The third-order valence-electron chi connectivity index (χ3n) is 3.50. The normalized spacial score (nSPS) is 39.3. The van der Waals surface area contributed by atoms with E-state index in [1.807, 2.05) is 0 Å². The molecular formula is C9H15NO4S. The van der Waals surface area contributed by atoms with Gasteiger partial charge in [-0.1, -0.05) is 0 Å². The number of sulfone groups is 1. The summed E-state index contributed by atoms with van der Waals surface area (Å²) in [5, 5.41) is 12.2. The minimum atomic E-state index is -3.01. The first-order valence-corrected chi connectivity index (χ1v) is 6.97. The van der Waals surface area contributed by atoms with Gasteiger partial charge in [-0.25, -0.2) is 8.42 Å². The first kappa shape index (κ1) is 10.9. The highest BCUT2D eigenvalue weighted by molar-refractivity contribution is 7.91. The van der Waals surface area contributed by atoms with Crippen molar-refractivity contribution >= 4 is 15.8 Å². The van der Waals surface area contributed by atoms with E-state index in [1.54, 1.807) is 0 Å². The summed E-state index contributed by atoms with van der Waals surface area (Å²) in [6.07, 6.45) is 1.83. The smallest absolute Gasteiger partial charge is 0.324 e. The Balaban J connectivity index is 2.24. The zero-order valence-corrected chi connectivity index (χ0v) is 9.22. The van der Waals surface area contributed by atoms with Gasteiger partial charge in [0.2, 0.25) is 0 Å². The molecule has 2 fully saturated rings. The molecule has 0 saturated carbocycles. The van der Waals surface area contributed by atoms with E-state index in [-0.39, 0.29) is 17.4 Å². The number of nitrogens with one attached hydrogen (secondary N) is 1. The lowest BCUT2D eigenvalue weighted by Gasteiger charge is -2.30. The molecule has 2 atom stereocenters. The molecule has 0 bridgehead atoms. The Kier molecular flexibility index (Phi) is 2.50. The SMILES string of the molecule is O=C(O)C1(C2CCS(=O)(=O)C2)CCCN1. The highest BCUT2D eigenvalue weighted by atomic mass is 32.2. The number of carboxylic acids is 1. The molecule has 2 heterocycles. The summed E-state index contributed by atoms with van der Waals surface area (Å²) in [7, 11) is -3.01. The molecule has 2 saturated heterocycles. The van der Waals surface area contributed by atoms with Crippen LogP contribution in [0.25, 0.3) is 0 Å². The van der Waals surface area contributed by atoms with Gasteiger partial charge >= 0.3 is 5.97 Å². The fourth-order valence-corrected chi connectivity index (χ4v) is 4.53. The van der Waals surface area contributed by atoms with Gasteiger partial charge in [0.05, 0.1) is 11.5 Å². The van der Waals surface area contributed by atoms with Gasteiger partial charge < -0.3 is 10.4 Å². The number of rotatable bonds is 2. The molecule has 0 aromatic heterocycles. The first-order chi connectivity index (χ1) is 6.96. The zero-order chi connectivity index (χ0) is 11.1. The largest absolute Gasteiger partial charge is 0.480 e. The van der Waals surface area contributed by atoms with Crippen LogP contribution in [0.2, 0.25) is 0 Å². The van der Waals surface area contributed by atoms with Gasteiger partial charge in [-0.05, 0) is 25.8 Å². The van der Waals surface area contributed by atoms with Gasteiger partial charge in [-0.15, -0.1) is 0 Å². The van der Waals surface area contributed by atoms with Crippen LogP contribution < -0.4 is 5.32 Å². The Bertz CT molecular complexity index is 370. The third-order valence-corrected chi connectivity index (χ3v) is 5.27. The van der Waals surface area contributed by atoms with Gasteiger partial charge in [-0.3, -0.25) is 4.79 Å². The molecule has 0 aliphatic carbocycles. The Morgan fingerprint density at radius 3 is 2.60 bits per heavy atom. The maximum atomic E-state index is 11.3. The summed E-state index contributed by atoms with van der Waals surface area (Å²) in [4.78, 5) is 11.3. The number of aliphatic carboxylic acids is 1. The second kappa shape index (κ2) is 3.45. The van der Waals surface area contributed by atoms with Crippen LogP contribution in [0.4, 0.5) is 0 Å². The molecule has 2 aliphatic heterocycles. The van der Waals surface area contributed by atoms with Crippen molar-refractivity contribution in [2.75, 3.05) is 18.1 Å². The molecule has 0 spiro atoms. The zero-order valence-electron chi connectivity index (χ0n) is 8.40. The van der Waals surface area contributed by atoms with Crippen molar-refractivity contribution < 1.29 is 18.3 Å². The Morgan fingerprint density at radius 2 is 2.20 bits per heavy atom. The summed E-state index contributed by atoms with van der Waals surface area (Å²) in [5.74, 6) is -1.01. The number of hydrogen-bond donors (Lipinski definition) is 2. The molecule has 0 radical (unpaired) electrons. The average molecular weight is 233 g/mol. The molecule has 0 aromatic carbocycles. The maximum absolute atomic E-state index is 11.3. The van der Waals surface area contributed by atoms with Gasteiger partial charge in [0.15, 0.2) is 9.84 Å². The molecule has 5 nitrogen and oxygen atoms in total. The molecule has 2 aliphatic rings. The summed E-state index contributed by atoms with van der Waals surface area (Å²) in [6.45, 7) is 0.669. The maximum Gasteiger partial charge on any atom is 0.324 e. The molecule has 2 rings (SSSR count). The predicted octanol–water partition coefficient (Wildman–Crippen LogP) is -0.372. The van der Waals surface area contributed by atoms with Crippen molar-refractivity contribution in [3.05, 3.63) is 0 Å². The van der Waals surface area contributed by atoms with E-state index in [2.05, 4.69) is 5.32 Å². The average Bonchev–Trinajstić information content (AvgIpc) is 2.71. The lowest BCUT2D eigenvalue weighted by Crippen LogP contribution is -2.54. The standard InChI is InChI=1S/C9H15NO4S/c11-8(12)9(3-1-4-10-9)7-2-5-15(13,14)6-7/h7,10H,1-6H2,(H,11,12). The van der Waals surface area contributed by atoms with Gasteiger partial charge in [0.25, 0.3) is 0 Å². The lowest BCUT2D eigenvalue weighted by molar-refractivity contribution is -0.146. The van der Waals surface area contributed by atoms with Crippen LogP contribution in [-0.4, -0.2) is 43.1 Å². The van der Waals surface area contributed by atoms with E-state index in [0.717, 1.165) is 6.42 Å². The van der Waals surface area contributed by atoms with Crippen molar-refractivity contribution in [3.63, 3.8) is 0 Å². The predicted molar refractivity (Wildman–Crippen MR) is 54.4 cm³/mol. The summed E-state index contributed by atoms with van der Waals surface area (Å²) in [5.41, 5.74) is -0.983. The molecule has 0 amide bonds. The quantitative estimate of drug-likeness (QED) is 0.679. The second-order valence-electron chi connectivity index (χ2n) is 4.41. The summed E-state index contributed by atoms with van der Waals surface area (Å²) >= 11 is 0. The Labute approximate surface area is 88.8 Å². The van der Waals surface area contributed by atoms with Crippen LogP contribution >= 0.6 is 0 Å². The molecule has 86 valence electrons. The van der Waals surface area contributed by atoms with E-state index < -0.39 is 21.3 Å². The Hall–Kier alpha value is -0.620. The first-order valence-electron chi connectivity index (χ1n) is 5.15. The number of carbonyl (C=O) groups is 1. The van der Waals surface area contributed by atoms with Crippen LogP contribution in [0.3, 0.4) is 0 Å². The van der Waals surface area contributed by atoms with Crippen molar-refractivity contribution in [1.82, 2.24) is 5.32 Å². The fourth-order valence-electron chi connectivity index (χ4n) is 2.66. The van der Waals surface area contributed by atoms with Crippen molar-refractivity contribution in [3.8, 4) is 0 Å². The van der Waals surface area contributed by atoms with Gasteiger partial charge in [0, 0.05) is 5.92 Å². The number of hydrogen-bond acceptors (Lipinski definition) is 4. The fraction of sp³-hybridized carbons (Fsp3) is 0.889. The third kappa shape index (κ3) is 1.76. The van der Waals surface area contributed by atoms with Crippen molar-refractivity contribution in [2.24, 2.45) is 5.92 Å². The molecule has 2 N–H and O–H groups in total. The van der Waals surface area contributed by atoms with Crippen molar-refractivity contribution in [1.29, 1.82) is 0 Å². The van der Waals surface area contributed by atoms with Crippen LogP contribution in [0.5, 0.6) is 0 Å². The van der Waals surface area contributed by atoms with E-state index in [0.29, 0.717) is 19.4 Å². The molecule has 0 aromatic rings. The minimum Gasteiger partial charge on any atom is -0.480 e. The molecular weight excluding hydrogens is 218 g/mol. The van der Waals surface area contributed by atoms with Crippen LogP contribution in [0.15, 0.2) is 0 Å². The van der Waals surface area contributed by atoms with Crippen molar-refractivity contribution in [2.45, 2.75) is 24.8 Å². The Morgan fingerprint density at radius 1 is 1.47 bits per heavy atom. The van der Waals surface area contributed by atoms with Crippen LogP contribution in [0, 0.1) is 5.92 Å². The highest BCUT2D eigenvalue weighted by Crippen LogP contribution is 2.35. The van der Waals surface area contributed by atoms with Gasteiger partial charge in [-0.2, -0.15) is 0 Å². The second-order valence-corrected chi connectivity index (χ2v) is 6.64. The monoisotopic (exact) mass is 233 g/mol. The van der Waals surface area contributed by atoms with E-state index in [9.17, 15) is 18.3 Å². The minimum absolute atomic E-state index is 0.0201. The topological polar surface area (TPSA) is 83.5 Å². The van der Waals surface area contributed by atoms with E-state index in [1.165, 1.54) is 0 Å².